The zero-order valence-corrected chi connectivity index (χ0v) is 11.4. The van der Waals surface area contributed by atoms with Gasteiger partial charge in [0, 0.05) is 25.2 Å². The Morgan fingerprint density at radius 3 is 2.86 bits per heavy atom. The average molecular weight is 302 g/mol. The number of ether oxygens (including phenoxy) is 1. The molecule has 0 bridgehead atoms. The number of rotatable bonds is 6. The van der Waals surface area contributed by atoms with E-state index in [0.717, 1.165) is 0 Å². The lowest BCUT2D eigenvalue weighted by Crippen LogP contribution is -2.51. The van der Waals surface area contributed by atoms with Crippen molar-refractivity contribution in [3.8, 4) is 0 Å². The summed E-state index contributed by atoms with van der Waals surface area (Å²) < 4.78 is 42.7. The van der Waals surface area contributed by atoms with Gasteiger partial charge in [0.25, 0.3) is 6.43 Å². The van der Waals surface area contributed by atoms with Crippen molar-refractivity contribution in [3.63, 3.8) is 0 Å². The number of carbonyl (C=O) groups excluding carboxylic acids is 1. The molecular formula is C14H17F3N2O2. The minimum Gasteiger partial charge on any atom is -0.374 e. The van der Waals surface area contributed by atoms with E-state index in [0.29, 0.717) is 19.6 Å². The minimum absolute atomic E-state index is 0.0720. The third-order valence-electron chi connectivity index (χ3n) is 3.28. The average Bonchev–Trinajstić information content (AvgIpc) is 2.45. The smallest absolute Gasteiger partial charge is 0.261 e. The van der Waals surface area contributed by atoms with Crippen LogP contribution in [0.1, 0.15) is 11.6 Å². The van der Waals surface area contributed by atoms with Crippen molar-refractivity contribution in [1.29, 1.82) is 0 Å². The predicted octanol–water partition coefficient (Wildman–Crippen LogP) is 1.58. The first kappa shape index (κ1) is 15.8. The van der Waals surface area contributed by atoms with E-state index in [9.17, 15) is 18.0 Å². The Hall–Kier alpha value is -1.60. The molecule has 1 N–H and O–H groups in total. The second-order valence-corrected chi connectivity index (χ2v) is 4.72. The molecule has 1 aliphatic rings. The molecule has 1 aliphatic heterocycles. The van der Waals surface area contributed by atoms with Crippen molar-refractivity contribution in [1.82, 2.24) is 10.2 Å². The lowest BCUT2D eigenvalue weighted by atomic mass is 10.0. The van der Waals surface area contributed by atoms with Gasteiger partial charge < -0.3 is 10.1 Å². The second-order valence-electron chi connectivity index (χ2n) is 4.72. The summed E-state index contributed by atoms with van der Waals surface area (Å²) in [6, 6.07) is 5.30. The summed E-state index contributed by atoms with van der Waals surface area (Å²) in [6.45, 7) is 0.688. The molecule has 0 saturated carbocycles. The third-order valence-corrected chi connectivity index (χ3v) is 3.28. The highest BCUT2D eigenvalue weighted by Crippen LogP contribution is 2.25. The molecule has 0 radical (unpaired) electrons. The van der Waals surface area contributed by atoms with Gasteiger partial charge in [0.2, 0.25) is 5.91 Å². The summed E-state index contributed by atoms with van der Waals surface area (Å²) >= 11 is 0. The van der Waals surface area contributed by atoms with Crippen molar-refractivity contribution in [2.75, 3.05) is 32.8 Å². The van der Waals surface area contributed by atoms with Crippen LogP contribution in [-0.2, 0) is 9.53 Å². The molecule has 1 fully saturated rings. The van der Waals surface area contributed by atoms with Crippen LogP contribution in [0.2, 0.25) is 0 Å². The number of halogens is 3. The third kappa shape index (κ3) is 4.18. The van der Waals surface area contributed by atoms with E-state index in [1.54, 1.807) is 23.1 Å². The fourth-order valence-corrected chi connectivity index (χ4v) is 2.34. The van der Waals surface area contributed by atoms with E-state index in [4.69, 9.17) is 4.74 Å². The maximum absolute atomic E-state index is 13.9. The number of hydrogen-bond donors (Lipinski definition) is 1. The Kier molecular flexibility index (Phi) is 5.58. The molecule has 21 heavy (non-hydrogen) atoms. The number of nitrogens with zero attached hydrogens (tertiary/aromatic N) is 1. The van der Waals surface area contributed by atoms with Crippen molar-refractivity contribution in [2.24, 2.45) is 0 Å². The van der Waals surface area contributed by atoms with Gasteiger partial charge in [-0.05, 0) is 6.07 Å². The first-order valence-corrected chi connectivity index (χ1v) is 6.71. The van der Waals surface area contributed by atoms with E-state index < -0.39 is 24.9 Å². The van der Waals surface area contributed by atoms with Gasteiger partial charge in [-0.15, -0.1) is 0 Å². The number of carbonyl (C=O) groups is 1. The topological polar surface area (TPSA) is 41.6 Å². The van der Waals surface area contributed by atoms with Gasteiger partial charge in [-0.25, -0.2) is 13.2 Å². The number of piperazine rings is 1. The summed E-state index contributed by atoms with van der Waals surface area (Å²) in [5.74, 6) is -0.752. The van der Waals surface area contributed by atoms with Gasteiger partial charge in [-0.1, -0.05) is 18.2 Å². The first-order chi connectivity index (χ1) is 10.1. The number of hydrogen-bond acceptors (Lipinski definition) is 3. The molecule has 1 atom stereocenters. The van der Waals surface area contributed by atoms with Crippen LogP contribution in [-0.4, -0.2) is 50.1 Å². The molecule has 1 saturated heterocycles. The normalized spacial score (nSPS) is 19.8. The molecular weight excluding hydrogens is 285 g/mol. The highest BCUT2D eigenvalue weighted by Gasteiger charge is 2.32. The van der Waals surface area contributed by atoms with Crippen LogP contribution in [0.5, 0.6) is 0 Å². The number of benzene rings is 1. The Morgan fingerprint density at radius 1 is 1.38 bits per heavy atom. The molecule has 7 heteroatoms. The van der Waals surface area contributed by atoms with Crippen LogP contribution in [0.25, 0.3) is 0 Å². The van der Waals surface area contributed by atoms with Crippen molar-refractivity contribution in [2.45, 2.75) is 12.5 Å². The summed E-state index contributed by atoms with van der Waals surface area (Å²) in [5.41, 5.74) is 0.281. The van der Waals surface area contributed by atoms with Crippen molar-refractivity contribution < 1.29 is 22.7 Å². The highest BCUT2D eigenvalue weighted by atomic mass is 19.3. The Labute approximate surface area is 120 Å². The van der Waals surface area contributed by atoms with Crippen LogP contribution in [0.3, 0.4) is 0 Å². The van der Waals surface area contributed by atoms with Crippen LogP contribution in [0, 0.1) is 5.82 Å². The van der Waals surface area contributed by atoms with E-state index in [2.05, 4.69) is 5.32 Å². The molecule has 1 amide bonds. The summed E-state index contributed by atoms with van der Waals surface area (Å²) in [6.07, 6.45) is -2.52. The molecule has 0 aliphatic carbocycles. The summed E-state index contributed by atoms with van der Waals surface area (Å²) in [5, 5.41) is 2.69. The molecule has 2 rings (SSSR count). The largest absolute Gasteiger partial charge is 0.374 e. The Morgan fingerprint density at radius 2 is 2.14 bits per heavy atom. The summed E-state index contributed by atoms with van der Waals surface area (Å²) in [7, 11) is 0. The van der Waals surface area contributed by atoms with Crippen molar-refractivity contribution >= 4 is 5.91 Å². The fourth-order valence-electron chi connectivity index (χ4n) is 2.34. The maximum Gasteiger partial charge on any atom is 0.261 e. The van der Waals surface area contributed by atoms with Crippen molar-refractivity contribution in [3.05, 3.63) is 35.6 Å². The van der Waals surface area contributed by atoms with Gasteiger partial charge in [-0.3, -0.25) is 9.69 Å². The monoisotopic (exact) mass is 302 g/mol. The van der Waals surface area contributed by atoms with Crippen LogP contribution >= 0.6 is 0 Å². The zero-order chi connectivity index (χ0) is 15.2. The molecule has 1 aromatic rings. The number of nitrogens with one attached hydrogen (secondary N) is 1. The van der Waals surface area contributed by atoms with Gasteiger partial charge in [0.05, 0.1) is 6.61 Å². The standard InChI is InChI=1S/C14H17F3N2O2/c15-11-4-2-1-3-10(11)13-14(20)18-5-6-19(13)7-8-21-9-12(16)17/h1-4,12-13H,5-9H2,(H,18,20). The predicted molar refractivity (Wildman–Crippen MR) is 70.5 cm³/mol. The second kappa shape index (κ2) is 7.42. The van der Waals surface area contributed by atoms with Crippen LogP contribution < -0.4 is 5.32 Å². The quantitative estimate of drug-likeness (QED) is 0.811. The van der Waals surface area contributed by atoms with Gasteiger partial charge in [0.1, 0.15) is 18.5 Å². The van der Waals surface area contributed by atoms with Gasteiger partial charge >= 0.3 is 0 Å². The molecule has 0 aromatic heterocycles. The first-order valence-electron chi connectivity index (χ1n) is 6.71. The SMILES string of the molecule is O=C1NCCN(CCOCC(F)F)C1c1ccccc1F. The van der Waals surface area contributed by atoms with E-state index in [1.807, 2.05) is 0 Å². The molecule has 1 aromatic carbocycles. The van der Waals surface area contributed by atoms with Crippen LogP contribution in [0.4, 0.5) is 13.2 Å². The van der Waals surface area contributed by atoms with E-state index in [1.165, 1.54) is 6.07 Å². The molecule has 116 valence electrons. The Balaban J connectivity index is 2.04. The summed E-state index contributed by atoms with van der Waals surface area (Å²) in [4.78, 5) is 13.8. The lowest BCUT2D eigenvalue weighted by Gasteiger charge is -2.35. The zero-order valence-electron chi connectivity index (χ0n) is 11.4. The van der Waals surface area contributed by atoms with E-state index in [-0.39, 0.29) is 18.1 Å². The number of alkyl halides is 2. The van der Waals surface area contributed by atoms with E-state index >= 15 is 0 Å². The van der Waals surface area contributed by atoms with Gasteiger partial charge in [-0.2, -0.15) is 0 Å². The maximum atomic E-state index is 13.9. The molecule has 4 nitrogen and oxygen atoms in total. The Bertz CT molecular complexity index is 485. The highest BCUT2D eigenvalue weighted by molar-refractivity contribution is 5.84. The molecule has 1 heterocycles. The lowest BCUT2D eigenvalue weighted by molar-refractivity contribution is -0.130. The number of amides is 1. The molecule has 1 unspecified atom stereocenters. The van der Waals surface area contributed by atoms with Gasteiger partial charge in [0.15, 0.2) is 0 Å². The molecule has 0 spiro atoms. The minimum atomic E-state index is -2.52. The van der Waals surface area contributed by atoms with Crippen LogP contribution in [0.15, 0.2) is 24.3 Å². The fraction of sp³-hybridized carbons (Fsp3) is 0.500.